The van der Waals surface area contributed by atoms with Crippen LogP contribution in [0.2, 0.25) is 0 Å². The number of anilines is 2. The van der Waals surface area contributed by atoms with Crippen molar-refractivity contribution < 1.29 is 8.42 Å². The third-order valence-electron chi connectivity index (χ3n) is 5.93. The Labute approximate surface area is 207 Å². The maximum atomic E-state index is 13.4. The second-order valence-corrected chi connectivity index (χ2v) is 11.1. The van der Waals surface area contributed by atoms with Crippen LogP contribution in [0, 0.1) is 0 Å². The number of sulfonamides is 1. The van der Waals surface area contributed by atoms with Crippen molar-refractivity contribution in [3.05, 3.63) is 89.2 Å². The molecular formula is C25H24BrN5O2S. The molecule has 1 N–H and O–H groups in total. The fourth-order valence-corrected chi connectivity index (χ4v) is 5.80. The van der Waals surface area contributed by atoms with Gasteiger partial charge in [0.25, 0.3) is 0 Å². The zero-order chi connectivity index (χ0) is 23.5. The minimum absolute atomic E-state index is 0.255. The van der Waals surface area contributed by atoms with E-state index >= 15 is 0 Å². The molecule has 174 valence electrons. The smallest absolute Gasteiger partial charge is 0.243 e. The normalized spacial score (nSPS) is 15.4. The van der Waals surface area contributed by atoms with Gasteiger partial charge in [0, 0.05) is 48.3 Å². The number of aromatic nitrogens is 2. The van der Waals surface area contributed by atoms with E-state index < -0.39 is 10.0 Å². The first-order valence-corrected chi connectivity index (χ1v) is 13.3. The lowest BCUT2D eigenvalue weighted by atomic mass is 10.2. The second-order valence-electron chi connectivity index (χ2n) is 8.20. The van der Waals surface area contributed by atoms with Gasteiger partial charge in [-0.05, 0) is 48.0 Å². The molecule has 1 aliphatic rings. The Hall–Kier alpha value is -2.85. The van der Waals surface area contributed by atoms with Crippen molar-refractivity contribution in [2.24, 2.45) is 0 Å². The van der Waals surface area contributed by atoms with Gasteiger partial charge in [-0.3, -0.25) is 4.90 Å². The zero-order valence-electron chi connectivity index (χ0n) is 18.4. The first-order valence-electron chi connectivity index (χ1n) is 11.0. The molecule has 0 saturated carbocycles. The molecule has 0 atom stereocenters. The van der Waals surface area contributed by atoms with Crippen molar-refractivity contribution in [3.63, 3.8) is 0 Å². The van der Waals surface area contributed by atoms with E-state index in [1.165, 1.54) is 11.9 Å². The first-order chi connectivity index (χ1) is 16.5. The molecule has 0 amide bonds. The average molecular weight is 538 g/mol. The summed E-state index contributed by atoms with van der Waals surface area (Å²) in [5.41, 5.74) is 2.77. The molecule has 7 nitrogen and oxygen atoms in total. The molecule has 1 aromatic heterocycles. The van der Waals surface area contributed by atoms with E-state index in [0.29, 0.717) is 42.9 Å². The Balaban J connectivity index is 1.35. The largest absolute Gasteiger partial charge is 0.340 e. The lowest BCUT2D eigenvalue weighted by molar-refractivity contribution is 0.181. The topological polar surface area (TPSA) is 78.4 Å². The lowest BCUT2D eigenvalue weighted by Crippen LogP contribution is -2.48. The van der Waals surface area contributed by atoms with Crippen LogP contribution < -0.4 is 5.32 Å². The van der Waals surface area contributed by atoms with Crippen LogP contribution in [0.25, 0.3) is 10.9 Å². The number of hydrogen-bond donors (Lipinski definition) is 1. The number of hydrogen-bond acceptors (Lipinski definition) is 6. The van der Waals surface area contributed by atoms with Crippen molar-refractivity contribution in [1.29, 1.82) is 0 Å². The third-order valence-corrected chi connectivity index (χ3v) is 8.36. The zero-order valence-corrected chi connectivity index (χ0v) is 20.8. The van der Waals surface area contributed by atoms with Crippen LogP contribution in [0.5, 0.6) is 0 Å². The van der Waals surface area contributed by atoms with Gasteiger partial charge in [-0.2, -0.15) is 4.31 Å². The van der Waals surface area contributed by atoms with Crippen molar-refractivity contribution in [3.8, 4) is 0 Å². The predicted molar refractivity (Wildman–Crippen MR) is 137 cm³/mol. The van der Waals surface area contributed by atoms with Gasteiger partial charge in [0.1, 0.15) is 12.1 Å². The van der Waals surface area contributed by atoms with E-state index in [-0.39, 0.29) is 4.90 Å². The molecule has 1 saturated heterocycles. The summed E-state index contributed by atoms with van der Waals surface area (Å²) in [4.78, 5) is 11.2. The van der Waals surface area contributed by atoms with Gasteiger partial charge in [-0.25, -0.2) is 18.4 Å². The number of piperazine rings is 1. The maximum absolute atomic E-state index is 13.4. The van der Waals surface area contributed by atoms with Crippen LogP contribution in [0.1, 0.15) is 5.56 Å². The summed E-state index contributed by atoms with van der Waals surface area (Å²) in [7, 11) is -3.63. The fraction of sp³-hybridized carbons (Fsp3) is 0.200. The molecule has 0 bridgehead atoms. The predicted octanol–water partition coefficient (Wildman–Crippen LogP) is 4.64. The summed E-state index contributed by atoms with van der Waals surface area (Å²) in [6, 6.07) is 23.0. The molecule has 0 unspecified atom stereocenters. The Bertz CT molecular complexity index is 1390. The molecule has 3 aromatic carbocycles. The Morgan fingerprint density at radius 2 is 1.62 bits per heavy atom. The summed E-state index contributed by atoms with van der Waals surface area (Å²) in [5.74, 6) is 0.567. The maximum Gasteiger partial charge on any atom is 0.243 e. The van der Waals surface area contributed by atoms with E-state index in [9.17, 15) is 8.42 Å². The van der Waals surface area contributed by atoms with E-state index in [1.807, 2.05) is 42.5 Å². The van der Waals surface area contributed by atoms with E-state index in [4.69, 9.17) is 0 Å². The number of rotatable bonds is 6. The highest BCUT2D eigenvalue weighted by molar-refractivity contribution is 9.10. The number of nitrogens with one attached hydrogen (secondary N) is 1. The number of nitrogens with zero attached hydrogens (tertiary/aromatic N) is 4. The van der Waals surface area contributed by atoms with Crippen LogP contribution in [0.15, 0.2) is 88.5 Å². The van der Waals surface area contributed by atoms with Gasteiger partial charge < -0.3 is 5.32 Å². The molecule has 34 heavy (non-hydrogen) atoms. The molecule has 0 spiro atoms. The lowest BCUT2D eigenvalue weighted by Gasteiger charge is -2.34. The van der Waals surface area contributed by atoms with Gasteiger partial charge in [0.15, 0.2) is 0 Å². The van der Waals surface area contributed by atoms with Crippen LogP contribution >= 0.6 is 15.9 Å². The first kappa shape index (κ1) is 22.9. The van der Waals surface area contributed by atoms with Gasteiger partial charge in [0.2, 0.25) is 10.0 Å². The monoisotopic (exact) mass is 537 g/mol. The molecule has 1 aliphatic heterocycles. The van der Waals surface area contributed by atoms with Gasteiger partial charge in [-0.1, -0.05) is 46.3 Å². The number of benzene rings is 3. The molecule has 9 heteroatoms. The fourth-order valence-electron chi connectivity index (χ4n) is 4.08. The standard InChI is InChI=1S/C25H24BrN5O2S/c26-20-6-8-21(9-7-20)29-25-23-16-22(10-11-24(23)27-18-28-25)34(32,33)31-14-12-30(13-15-31)17-19-4-2-1-3-5-19/h1-11,16,18H,12-15,17H2,(H,27,28,29). The minimum atomic E-state index is -3.63. The summed E-state index contributed by atoms with van der Waals surface area (Å²) in [6.07, 6.45) is 1.48. The van der Waals surface area contributed by atoms with Crippen molar-refractivity contribution in [2.45, 2.75) is 11.4 Å². The Morgan fingerprint density at radius 1 is 0.882 bits per heavy atom. The molecule has 5 rings (SSSR count). The molecule has 4 aromatic rings. The SMILES string of the molecule is O=S(=O)(c1ccc2ncnc(Nc3ccc(Br)cc3)c2c1)N1CCN(Cc2ccccc2)CC1. The number of halogens is 1. The van der Waals surface area contributed by atoms with Crippen LogP contribution in [0.4, 0.5) is 11.5 Å². The molecule has 1 fully saturated rings. The van der Waals surface area contributed by atoms with Crippen molar-refractivity contribution >= 4 is 48.4 Å². The van der Waals surface area contributed by atoms with Crippen molar-refractivity contribution in [1.82, 2.24) is 19.2 Å². The molecule has 0 radical (unpaired) electrons. The van der Waals surface area contributed by atoms with Crippen molar-refractivity contribution in [2.75, 3.05) is 31.5 Å². The third kappa shape index (κ3) is 4.97. The Morgan fingerprint density at radius 3 is 2.35 bits per heavy atom. The van der Waals surface area contributed by atoms with E-state index in [1.54, 1.807) is 22.5 Å². The van der Waals surface area contributed by atoms with Crippen LogP contribution in [0.3, 0.4) is 0 Å². The van der Waals surface area contributed by atoms with Gasteiger partial charge in [0.05, 0.1) is 10.4 Å². The van der Waals surface area contributed by atoms with Crippen LogP contribution in [-0.4, -0.2) is 53.8 Å². The minimum Gasteiger partial charge on any atom is -0.340 e. The molecule has 2 heterocycles. The average Bonchev–Trinajstić information content (AvgIpc) is 2.86. The quantitative estimate of drug-likeness (QED) is 0.386. The van der Waals surface area contributed by atoms with Gasteiger partial charge in [-0.15, -0.1) is 0 Å². The summed E-state index contributed by atoms with van der Waals surface area (Å²) in [6.45, 7) is 3.14. The highest BCUT2D eigenvalue weighted by Crippen LogP contribution is 2.28. The van der Waals surface area contributed by atoms with Gasteiger partial charge >= 0.3 is 0 Å². The number of fused-ring (bicyclic) bond motifs is 1. The highest BCUT2D eigenvalue weighted by atomic mass is 79.9. The molecule has 0 aliphatic carbocycles. The summed E-state index contributed by atoms with van der Waals surface area (Å²) in [5, 5.41) is 3.94. The van der Waals surface area contributed by atoms with Crippen LogP contribution in [-0.2, 0) is 16.6 Å². The van der Waals surface area contributed by atoms with E-state index in [2.05, 4.69) is 48.2 Å². The summed E-state index contributed by atoms with van der Waals surface area (Å²) >= 11 is 3.43. The van der Waals surface area contributed by atoms with E-state index in [0.717, 1.165) is 16.7 Å². The second kappa shape index (κ2) is 9.79. The summed E-state index contributed by atoms with van der Waals surface area (Å²) < 4.78 is 29.4. The molecular weight excluding hydrogens is 514 g/mol. The Kier molecular flexibility index (Phi) is 6.60. The highest BCUT2D eigenvalue weighted by Gasteiger charge is 2.29.